The van der Waals surface area contributed by atoms with Crippen LogP contribution in [0.3, 0.4) is 0 Å². The second kappa shape index (κ2) is 7.73. The van der Waals surface area contributed by atoms with Crippen molar-refractivity contribution in [1.82, 2.24) is 0 Å². The summed E-state index contributed by atoms with van der Waals surface area (Å²) < 4.78 is 12.4. The zero-order valence-electron chi connectivity index (χ0n) is 12.8. The molecule has 0 bridgehead atoms. The molecule has 2 aromatic carbocycles. The molecule has 23 heavy (non-hydrogen) atoms. The van der Waals surface area contributed by atoms with Crippen molar-refractivity contribution in [3.05, 3.63) is 70.8 Å². The normalized spacial score (nSPS) is 17.2. The van der Waals surface area contributed by atoms with Gasteiger partial charge in [0.2, 0.25) is 0 Å². The molecular weight excluding hydrogens is 414 g/mol. The summed E-state index contributed by atoms with van der Waals surface area (Å²) in [5.41, 5.74) is 3.52. The van der Waals surface area contributed by atoms with E-state index >= 15 is 0 Å². The molecule has 2 nitrogen and oxygen atoms in total. The standard InChI is InChI=1S/C19H18ClO2.Sn/c1-2-14-5-8-19(20)16(11-14)12-15-3-6-17(7-4-15)22-18-9-10-21-13-18;/h3-8,11,18H,1,9-10,12-13H2;. The van der Waals surface area contributed by atoms with Gasteiger partial charge in [-0.25, -0.2) is 0 Å². The summed E-state index contributed by atoms with van der Waals surface area (Å²) in [6.45, 7) is 5.52. The van der Waals surface area contributed by atoms with Crippen LogP contribution in [0.1, 0.15) is 23.1 Å². The Morgan fingerprint density at radius 1 is 1.26 bits per heavy atom. The minimum atomic E-state index is 0.185. The second-order valence-corrected chi connectivity index (χ2v) is 7.84. The van der Waals surface area contributed by atoms with Gasteiger partial charge in [0.05, 0.1) is 6.61 Å². The molecule has 3 rings (SSSR count). The van der Waals surface area contributed by atoms with Crippen molar-refractivity contribution in [2.45, 2.75) is 18.9 Å². The molecule has 4 heteroatoms. The first-order chi connectivity index (χ1) is 11.1. The van der Waals surface area contributed by atoms with Gasteiger partial charge in [-0.15, -0.1) is 0 Å². The first kappa shape index (κ1) is 16.9. The molecule has 3 radical (unpaired) electrons. The van der Waals surface area contributed by atoms with Gasteiger partial charge in [-0.1, -0.05) is 0 Å². The Labute approximate surface area is 155 Å². The molecular formula is C19H18ClO2Sn. The zero-order valence-corrected chi connectivity index (χ0v) is 16.5. The first-order valence-corrected chi connectivity index (χ1v) is 9.45. The van der Waals surface area contributed by atoms with Gasteiger partial charge in [0.15, 0.2) is 0 Å². The first-order valence-electron chi connectivity index (χ1n) is 7.64. The van der Waals surface area contributed by atoms with Crippen LogP contribution in [0.15, 0.2) is 49.0 Å². The van der Waals surface area contributed by atoms with E-state index in [0.29, 0.717) is 6.61 Å². The number of rotatable bonds is 5. The van der Waals surface area contributed by atoms with Crippen LogP contribution in [-0.4, -0.2) is 41.8 Å². The van der Waals surface area contributed by atoms with Crippen molar-refractivity contribution >= 4 is 37.7 Å². The Kier molecular flexibility index (Phi) is 5.67. The van der Waals surface area contributed by atoms with Gasteiger partial charge >= 0.3 is 145 Å². The molecule has 117 valence electrons. The van der Waals surface area contributed by atoms with Crippen molar-refractivity contribution in [3.8, 4) is 5.75 Å². The Morgan fingerprint density at radius 2 is 2.04 bits per heavy atom. The third kappa shape index (κ3) is 4.52. The van der Waals surface area contributed by atoms with Gasteiger partial charge in [-0.2, -0.15) is 0 Å². The second-order valence-electron chi connectivity index (χ2n) is 5.71. The van der Waals surface area contributed by atoms with Crippen LogP contribution in [0.4, 0.5) is 0 Å². The Balaban J connectivity index is 1.70. The zero-order chi connectivity index (χ0) is 16.2. The summed E-state index contributed by atoms with van der Waals surface area (Å²) in [6, 6.07) is 14.4. The summed E-state index contributed by atoms with van der Waals surface area (Å²) in [5, 5.41) is 0.800. The van der Waals surface area contributed by atoms with Crippen LogP contribution in [0.25, 0.3) is 3.59 Å². The maximum atomic E-state index is 6.33. The molecule has 1 aliphatic heterocycles. The molecule has 1 unspecified atom stereocenters. The molecule has 1 atom stereocenters. The molecule has 0 aromatic heterocycles. The van der Waals surface area contributed by atoms with Gasteiger partial charge in [-0.05, 0) is 0 Å². The summed E-state index contributed by atoms with van der Waals surface area (Å²) in [5.74, 6) is 0.898. The number of benzene rings is 2. The average molecular weight is 433 g/mol. The number of hydrogen-bond donors (Lipinski definition) is 0. The summed E-state index contributed by atoms with van der Waals surface area (Å²) in [4.78, 5) is 0. The van der Waals surface area contributed by atoms with Gasteiger partial charge in [0.25, 0.3) is 0 Å². The third-order valence-electron chi connectivity index (χ3n) is 3.90. The molecule has 0 N–H and O–H groups in total. The Morgan fingerprint density at radius 3 is 2.70 bits per heavy atom. The number of ether oxygens (including phenoxy) is 2. The van der Waals surface area contributed by atoms with E-state index in [0.717, 1.165) is 39.4 Å². The van der Waals surface area contributed by atoms with Crippen molar-refractivity contribution in [2.75, 3.05) is 13.2 Å². The van der Waals surface area contributed by atoms with Crippen molar-refractivity contribution in [3.63, 3.8) is 0 Å². The fraction of sp³-hybridized carbons (Fsp3) is 0.263. The number of hydrogen-bond acceptors (Lipinski definition) is 2. The van der Waals surface area contributed by atoms with E-state index in [1.165, 1.54) is 33.7 Å². The van der Waals surface area contributed by atoms with Crippen LogP contribution >= 0.6 is 11.6 Å². The summed E-state index contributed by atoms with van der Waals surface area (Å²) in [6.07, 6.45) is 1.96. The van der Waals surface area contributed by atoms with Crippen LogP contribution in [0.2, 0.25) is 5.02 Å². The fourth-order valence-electron chi connectivity index (χ4n) is 2.60. The van der Waals surface area contributed by atoms with E-state index in [4.69, 9.17) is 21.1 Å². The van der Waals surface area contributed by atoms with Gasteiger partial charge < -0.3 is 4.74 Å². The van der Waals surface area contributed by atoms with Gasteiger partial charge in [0, 0.05) is 0 Å². The van der Waals surface area contributed by atoms with Gasteiger partial charge in [0.1, 0.15) is 0 Å². The van der Waals surface area contributed by atoms with E-state index in [9.17, 15) is 0 Å². The van der Waals surface area contributed by atoms with E-state index in [1.54, 1.807) is 0 Å². The van der Waals surface area contributed by atoms with Crippen molar-refractivity contribution in [1.29, 1.82) is 0 Å². The summed E-state index contributed by atoms with van der Waals surface area (Å²) in [7, 11) is 0. The maximum absolute atomic E-state index is 6.33. The van der Waals surface area contributed by atoms with Crippen LogP contribution in [0.5, 0.6) is 5.75 Å². The average Bonchev–Trinajstić information content (AvgIpc) is 3.04. The number of halogens is 1. The molecule has 1 fully saturated rings. The third-order valence-corrected chi connectivity index (χ3v) is 5.10. The quantitative estimate of drug-likeness (QED) is 0.658. The van der Waals surface area contributed by atoms with Crippen LogP contribution < -0.4 is 4.74 Å². The minimum absolute atomic E-state index is 0.185. The van der Waals surface area contributed by atoms with E-state index in [2.05, 4.69) is 24.8 Å². The molecule has 0 saturated carbocycles. The van der Waals surface area contributed by atoms with Crippen LogP contribution in [-0.2, 0) is 11.2 Å². The van der Waals surface area contributed by atoms with Crippen molar-refractivity contribution in [2.24, 2.45) is 0 Å². The van der Waals surface area contributed by atoms with E-state index in [-0.39, 0.29) is 6.10 Å². The molecule has 0 amide bonds. The molecule has 1 heterocycles. The predicted octanol–water partition coefficient (Wildman–Crippen LogP) is 4.24. The monoisotopic (exact) mass is 433 g/mol. The molecule has 1 aliphatic rings. The molecule has 2 aromatic rings. The van der Waals surface area contributed by atoms with E-state index in [1.807, 2.05) is 24.3 Å². The molecule has 0 spiro atoms. The summed E-state index contributed by atoms with van der Waals surface area (Å²) >= 11 is 7.66. The molecule has 0 aliphatic carbocycles. The van der Waals surface area contributed by atoms with E-state index < -0.39 is 0 Å². The predicted molar refractivity (Wildman–Crippen MR) is 95.3 cm³/mol. The fourth-order valence-corrected chi connectivity index (χ4v) is 3.23. The molecule has 1 saturated heterocycles. The van der Waals surface area contributed by atoms with Gasteiger partial charge in [-0.3, -0.25) is 0 Å². The topological polar surface area (TPSA) is 18.5 Å². The van der Waals surface area contributed by atoms with Crippen LogP contribution in [0, 0.1) is 0 Å². The Hall–Kier alpha value is -0.971. The SMILES string of the molecule is C=[C]([Sn])c1ccc(Cl)c(Cc2ccc(OC3CCOC3)cc2)c1. The Bertz CT molecular complexity index is 691. The van der Waals surface area contributed by atoms with Crippen molar-refractivity contribution < 1.29 is 9.47 Å².